The van der Waals surface area contributed by atoms with Gasteiger partial charge in [0.2, 0.25) is 0 Å². The molecule has 1 aliphatic heterocycles. The van der Waals surface area contributed by atoms with E-state index in [9.17, 15) is 9.59 Å². The van der Waals surface area contributed by atoms with Crippen molar-refractivity contribution in [1.29, 1.82) is 0 Å². The fourth-order valence-electron chi connectivity index (χ4n) is 3.76. The van der Waals surface area contributed by atoms with E-state index in [0.29, 0.717) is 53.2 Å². The van der Waals surface area contributed by atoms with Crippen LogP contribution < -0.4 is 29.0 Å². The molecule has 9 heteroatoms. The van der Waals surface area contributed by atoms with Crippen LogP contribution in [0.25, 0.3) is 0 Å². The number of amides is 2. The van der Waals surface area contributed by atoms with E-state index in [0.717, 1.165) is 0 Å². The third-order valence-corrected chi connectivity index (χ3v) is 5.54. The highest BCUT2D eigenvalue weighted by molar-refractivity contribution is 5.95. The Morgan fingerprint density at radius 3 is 2.44 bits per heavy atom. The molecule has 1 unspecified atom stereocenters. The number of para-hydroxylation sites is 4. The molecule has 1 aliphatic rings. The highest BCUT2D eigenvalue weighted by Crippen LogP contribution is 2.32. The summed E-state index contributed by atoms with van der Waals surface area (Å²) in [5.41, 5.74) is 0.956. The second-order valence-electron chi connectivity index (χ2n) is 8.09. The molecule has 1 atom stereocenters. The van der Waals surface area contributed by atoms with Crippen LogP contribution in [-0.4, -0.2) is 63.8 Å². The number of nitrogens with zero attached hydrogens (tertiary/aromatic N) is 1. The van der Waals surface area contributed by atoms with Gasteiger partial charge in [-0.2, -0.15) is 0 Å². The third kappa shape index (κ3) is 5.80. The van der Waals surface area contributed by atoms with Gasteiger partial charge in [0.1, 0.15) is 12.4 Å². The lowest BCUT2D eigenvalue weighted by atomic mass is 10.1. The minimum Gasteiger partial charge on any atom is -0.495 e. The Labute approximate surface area is 209 Å². The molecule has 36 heavy (non-hydrogen) atoms. The Morgan fingerprint density at radius 1 is 0.944 bits per heavy atom. The number of ether oxygens (including phenoxy) is 5. The number of likely N-dealkylation sites (N-methyl/N-ethyl adjacent to an activating group) is 1. The Bertz CT molecular complexity index is 1230. The van der Waals surface area contributed by atoms with Crippen LogP contribution in [0.15, 0.2) is 66.7 Å². The molecule has 0 aliphatic carbocycles. The number of nitrogens with one attached hydrogen (secondary N) is 1. The van der Waals surface area contributed by atoms with E-state index < -0.39 is 0 Å². The van der Waals surface area contributed by atoms with E-state index in [2.05, 4.69) is 5.32 Å². The first-order valence-electron chi connectivity index (χ1n) is 11.4. The van der Waals surface area contributed by atoms with Gasteiger partial charge in [0.25, 0.3) is 11.8 Å². The van der Waals surface area contributed by atoms with E-state index in [1.807, 2.05) is 30.3 Å². The topological polar surface area (TPSA) is 95.6 Å². The van der Waals surface area contributed by atoms with Crippen LogP contribution in [0.5, 0.6) is 28.7 Å². The zero-order chi connectivity index (χ0) is 25.5. The van der Waals surface area contributed by atoms with E-state index in [1.54, 1.807) is 48.3 Å². The summed E-state index contributed by atoms with van der Waals surface area (Å²) in [4.78, 5) is 27.0. The van der Waals surface area contributed by atoms with Crippen molar-refractivity contribution in [2.45, 2.75) is 6.10 Å². The molecule has 0 radical (unpaired) electrons. The predicted molar refractivity (Wildman–Crippen MR) is 133 cm³/mol. The first-order chi connectivity index (χ1) is 17.5. The van der Waals surface area contributed by atoms with Crippen LogP contribution in [0.4, 0.5) is 5.69 Å². The number of hydrogen-bond acceptors (Lipinski definition) is 7. The summed E-state index contributed by atoms with van der Waals surface area (Å²) in [7, 11) is 4.70. The summed E-state index contributed by atoms with van der Waals surface area (Å²) in [5, 5.41) is 2.75. The van der Waals surface area contributed by atoms with E-state index in [-0.39, 0.29) is 24.5 Å². The Morgan fingerprint density at radius 2 is 1.67 bits per heavy atom. The monoisotopic (exact) mass is 492 g/mol. The smallest absolute Gasteiger partial charge is 0.262 e. The molecule has 188 valence electrons. The maximum Gasteiger partial charge on any atom is 0.262 e. The van der Waals surface area contributed by atoms with Gasteiger partial charge in [0.05, 0.1) is 26.5 Å². The van der Waals surface area contributed by atoms with Gasteiger partial charge in [-0.05, 0) is 42.5 Å². The summed E-state index contributed by atoms with van der Waals surface area (Å²) in [6, 6.07) is 19.3. The van der Waals surface area contributed by atoms with Crippen molar-refractivity contribution in [2.24, 2.45) is 0 Å². The van der Waals surface area contributed by atoms with Gasteiger partial charge in [0.15, 0.2) is 35.7 Å². The van der Waals surface area contributed by atoms with Crippen molar-refractivity contribution < 1.29 is 33.3 Å². The van der Waals surface area contributed by atoms with E-state index in [1.165, 1.54) is 14.2 Å². The van der Waals surface area contributed by atoms with Crippen LogP contribution in [0.3, 0.4) is 0 Å². The fourth-order valence-corrected chi connectivity index (χ4v) is 3.76. The van der Waals surface area contributed by atoms with Crippen LogP contribution in [-0.2, 0) is 4.79 Å². The SMILES string of the molecule is COc1ccccc1NC(=O)COc1ccc(C(=O)N(C)CC2COc3ccccc3O2)cc1OC. The second-order valence-corrected chi connectivity index (χ2v) is 8.09. The minimum atomic E-state index is -0.363. The van der Waals surface area contributed by atoms with Gasteiger partial charge >= 0.3 is 0 Å². The van der Waals surface area contributed by atoms with Gasteiger partial charge in [-0.15, -0.1) is 0 Å². The lowest BCUT2D eigenvalue weighted by Crippen LogP contribution is -2.41. The minimum absolute atomic E-state index is 0.212. The third-order valence-electron chi connectivity index (χ3n) is 5.54. The molecule has 1 N–H and O–H groups in total. The predicted octanol–water partition coefficient (Wildman–Crippen LogP) is 3.63. The molecular weight excluding hydrogens is 464 g/mol. The number of methoxy groups -OCH3 is 2. The maximum absolute atomic E-state index is 13.0. The van der Waals surface area contributed by atoms with Gasteiger partial charge in [-0.3, -0.25) is 9.59 Å². The van der Waals surface area contributed by atoms with Crippen LogP contribution >= 0.6 is 0 Å². The maximum atomic E-state index is 13.0. The summed E-state index contributed by atoms with van der Waals surface area (Å²) in [6.45, 7) is 0.445. The molecule has 0 saturated carbocycles. The normalized spacial score (nSPS) is 13.9. The summed E-state index contributed by atoms with van der Waals surface area (Å²) in [5.74, 6) is 2.00. The number of hydrogen-bond donors (Lipinski definition) is 1. The quantitative estimate of drug-likeness (QED) is 0.487. The number of carbonyl (C=O) groups is 2. The lowest BCUT2D eigenvalue weighted by molar-refractivity contribution is -0.118. The van der Waals surface area contributed by atoms with E-state index >= 15 is 0 Å². The molecule has 4 rings (SSSR count). The standard InChI is InChI=1S/C27H28N2O7/c1-29(15-19-16-34-22-10-6-7-11-24(22)36-19)27(31)18-12-13-23(25(14-18)33-3)35-17-26(30)28-20-8-4-5-9-21(20)32-2/h4-14,19H,15-17H2,1-3H3,(H,28,30). The number of fused-ring (bicyclic) bond motifs is 1. The molecule has 0 fully saturated rings. The molecule has 2 amide bonds. The van der Waals surface area contributed by atoms with Crippen LogP contribution in [0.2, 0.25) is 0 Å². The van der Waals surface area contributed by atoms with Crippen molar-refractivity contribution >= 4 is 17.5 Å². The van der Waals surface area contributed by atoms with Gasteiger partial charge in [-0.1, -0.05) is 24.3 Å². The molecule has 1 heterocycles. The average Bonchev–Trinajstić information content (AvgIpc) is 2.91. The Balaban J connectivity index is 1.35. The van der Waals surface area contributed by atoms with Gasteiger partial charge in [0, 0.05) is 12.6 Å². The van der Waals surface area contributed by atoms with Crippen LogP contribution in [0.1, 0.15) is 10.4 Å². The lowest BCUT2D eigenvalue weighted by Gasteiger charge is -2.29. The summed E-state index contributed by atoms with van der Waals surface area (Å²) >= 11 is 0. The Kier molecular flexibility index (Phi) is 7.79. The van der Waals surface area contributed by atoms with Crippen molar-refractivity contribution in [1.82, 2.24) is 4.90 Å². The highest BCUT2D eigenvalue weighted by atomic mass is 16.6. The molecule has 0 aromatic heterocycles. The molecule has 3 aromatic carbocycles. The molecule has 9 nitrogen and oxygen atoms in total. The molecule has 0 saturated heterocycles. The first-order valence-corrected chi connectivity index (χ1v) is 11.4. The zero-order valence-corrected chi connectivity index (χ0v) is 20.4. The first kappa shape index (κ1) is 24.7. The Hall–Kier alpha value is -4.40. The van der Waals surface area contributed by atoms with Crippen molar-refractivity contribution in [3.05, 3.63) is 72.3 Å². The largest absolute Gasteiger partial charge is 0.495 e. The number of rotatable bonds is 9. The highest BCUT2D eigenvalue weighted by Gasteiger charge is 2.25. The molecule has 3 aromatic rings. The summed E-state index contributed by atoms with van der Waals surface area (Å²) in [6.07, 6.45) is -0.292. The number of carbonyl (C=O) groups excluding carboxylic acids is 2. The second kappa shape index (κ2) is 11.4. The van der Waals surface area contributed by atoms with Crippen molar-refractivity contribution in [3.8, 4) is 28.7 Å². The van der Waals surface area contributed by atoms with Gasteiger partial charge in [-0.25, -0.2) is 0 Å². The van der Waals surface area contributed by atoms with Gasteiger partial charge < -0.3 is 33.9 Å². The number of benzene rings is 3. The molecule has 0 bridgehead atoms. The fraction of sp³-hybridized carbons (Fsp3) is 0.259. The van der Waals surface area contributed by atoms with E-state index in [4.69, 9.17) is 23.7 Å². The molecular formula is C27H28N2O7. The average molecular weight is 493 g/mol. The van der Waals surface area contributed by atoms with Crippen LogP contribution in [0, 0.1) is 0 Å². The van der Waals surface area contributed by atoms with Crippen molar-refractivity contribution in [2.75, 3.05) is 46.3 Å². The number of anilines is 1. The molecule has 0 spiro atoms. The van der Waals surface area contributed by atoms with Crippen molar-refractivity contribution in [3.63, 3.8) is 0 Å². The summed E-state index contributed by atoms with van der Waals surface area (Å²) < 4.78 is 28.0. The zero-order valence-electron chi connectivity index (χ0n) is 20.4.